The quantitative estimate of drug-likeness (QED) is 0.181. The SMILES string of the molecule is Cc1ccccc1[C@@H](C#N)/C(=N\NC(=O)C(=O)NN)C(=O)Nc1cccc(C(F)(F)F)c1. The number of hydrogen-bond donors (Lipinski definition) is 4. The fourth-order valence-corrected chi connectivity index (χ4v) is 2.63. The third-order valence-electron chi connectivity index (χ3n) is 4.20. The first kappa shape index (κ1) is 24.0. The van der Waals surface area contributed by atoms with Crippen LogP contribution in [0.5, 0.6) is 0 Å². The van der Waals surface area contributed by atoms with Crippen molar-refractivity contribution in [3.8, 4) is 6.07 Å². The van der Waals surface area contributed by atoms with Crippen molar-refractivity contribution in [3.63, 3.8) is 0 Å². The zero-order valence-corrected chi connectivity index (χ0v) is 16.5. The van der Waals surface area contributed by atoms with Crippen LogP contribution < -0.4 is 22.0 Å². The van der Waals surface area contributed by atoms with Crippen LogP contribution >= 0.6 is 0 Å². The molecule has 0 bridgehead atoms. The second kappa shape index (κ2) is 10.2. The Hall–Kier alpha value is -4.24. The Balaban J connectivity index is 2.45. The monoisotopic (exact) mass is 446 g/mol. The number of nitriles is 1. The number of nitrogens with zero attached hydrogens (tertiary/aromatic N) is 2. The van der Waals surface area contributed by atoms with Crippen LogP contribution in [0.2, 0.25) is 0 Å². The molecule has 12 heteroatoms. The van der Waals surface area contributed by atoms with Crippen LogP contribution in [0.4, 0.5) is 18.9 Å². The van der Waals surface area contributed by atoms with Gasteiger partial charge in [-0.15, -0.1) is 0 Å². The fourth-order valence-electron chi connectivity index (χ4n) is 2.63. The Kier molecular flexibility index (Phi) is 7.65. The largest absolute Gasteiger partial charge is 0.416 e. The molecule has 2 aromatic carbocycles. The molecule has 9 nitrogen and oxygen atoms in total. The molecular formula is C20H17F3N6O3. The molecule has 1 atom stereocenters. The van der Waals surface area contributed by atoms with Gasteiger partial charge in [-0.3, -0.25) is 19.8 Å². The number of anilines is 1. The van der Waals surface area contributed by atoms with Crippen molar-refractivity contribution in [2.75, 3.05) is 5.32 Å². The molecule has 0 aliphatic carbocycles. The van der Waals surface area contributed by atoms with Gasteiger partial charge in [0.1, 0.15) is 11.6 Å². The third-order valence-corrected chi connectivity index (χ3v) is 4.20. The maximum absolute atomic E-state index is 13.0. The summed E-state index contributed by atoms with van der Waals surface area (Å²) in [7, 11) is 0. The van der Waals surface area contributed by atoms with Gasteiger partial charge >= 0.3 is 18.0 Å². The van der Waals surface area contributed by atoms with E-state index in [4.69, 9.17) is 5.84 Å². The summed E-state index contributed by atoms with van der Waals surface area (Å²) in [6, 6.07) is 12.2. The van der Waals surface area contributed by atoms with Crippen molar-refractivity contribution >= 4 is 29.1 Å². The minimum absolute atomic E-state index is 0.218. The Bertz CT molecular complexity index is 1110. The van der Waals surface area contributed by atoms with E-state index < -0.39 is 41.1 Å². The van der Waals surface area contributed by atoms with Crippen molar-refractivity contribution < 1.29 is 27.6 Å². The van der Waals surface area contributed by atoms with E-state index >= 15 is 0 Å². The lowest BCUT2D eigenvalue weighted by molar-refractivity contribution is -0.139. The Morgan fingerprint density at radius 1 is 1.06 bits per heavy atom. The van der Waals surface area contributed by atoms with E-state index in [1.165, 1.54) is 6.07 Å². The van der Waals surface area contributed by atoms with E-state index in [1.54, 1.807) is 42.0 Å². The normalized spacial score (nSPS) is 12.3. The van der Waals surface area contributed by atoms with Crippen molar-refractivity contribution in [2.45, 2.75) is 19.0 Å². The number of rotatable bonds is 5. The number of amides is 3. The molecule has 5 N–H and O–H groups in total. The molecule has 0 radical (unpaired) electrons. The number of nitrogens with one attached hydrogen (secondary N) is 3. The lowest BCUT2D eigenvalue weighted by atomic mass is 9.91. The van der Waals surface area contributed by atoms with Gasteiger partial charge in [-0.05, 0) is 36.2 Å². The van der Waals surface area contributed by atoms with Gasteiger partial charge in [0.15, 0.2) is 0 Å². The number of benzene rings is 2. The molecular weight excluding hydrogens is 429 g/mol. The number of carbonyl (C=O) groups is 3. The summed E-state index contributed by atoms with van der Waals surface area (Å²) < 4.78 is 38.9. The number of aryl methyl sites for hydroxylation is 1. The molecule has 0 aliphatic rings. The van der Waals surface area contributed by atoms with Gasteiger partial charge in [0.2, 0.25) is 0 Å². The summed E-state index contributed by atoms with van der Waals surface area (Å²) in [5, 5.41) is 15.5. The first-order valence-corrected chi connectivity index (χ1v) is 8.90. The smallest absolute Gasteiger partial charge is 0.321 e. The molecule has 0 fully saturated rings. The Morgan fingerprint density at radius 3 is 2.34 bits per heavy atom. The first-order chi connectivity index (χ1) is 15.1. The molecule has 166 valence electrons. The van der Waals surface area contributed by atoms with Crippen LogP contribution in [0.1, 0.15) is 22.6 Å². The highest BCUT2D eigenvalue weighted by molar-refractivity contribution is 6.46. The molecule has 2 aromatic rings. The van der Waals surface area contributed by atoms with Gasteiger partial charge in [-0.1, -0.05) is 30.3 Å². The molecule has 0 saturated carbocycles. The highest BCUT2D eigenvalue weighted by Gasteiger charge is 2.31. The summed E-state index contributed by atoms with van der Waals surface area (Å²) in [6.45, 7) is 1.67. The van der Waals surface area contributed by atoms with Crippen LogP contribution in [0.25, 0.3) is 0 Å². The van der Waals surface area contributed by atoms with Gasteiger partial charge in [0.25, 0.3) is 5.91 Å². The fraction of sp³-hybridized carbons (Fsp3) is 0.150. The number of hydrogen-bond acceptors (Lipinski definition) is 6. The van der Waals surface area contributed by atoms with Crippen LogP contribution in [0.3, 0.4) is 0 Å². The van der Waals surface area contributed by atoms with Crippen LogP contribution in [-0.4, -0.2) is 23.4 Å². The minimum atomic E-state index is -4.64. The summed E-state index contributed by atoms with van der Waals surface area (Å²) in [6.07, 6.45) is -4.64. The predicted octanol–water partition coefficient (Wildman–Crippen LogP) is 1.72. The van der Waals surface area contributed by atoms with Crippen molar-refractivity contribution in [3.05, 3.63) is 65.2 Å². The molecule has 0 spiro atoms. The zero-order chi connectivity index (χ0) is 23.9. The average Bonchev–Trinajstić information content (AvgIpc) is 2.76. The predicted molar refractivity (Wildman–Crippen MR) is 108 cm³/mol. The summed E-state index contributed by atoms with van der Waals surface area (Å²) >= 11 is 0. The average molecular weight is 446 g/mol. The molecule has 2 rings (SSSR count). The molecule has 32 heavy (non-hydrogen) atoms. The molecule has 0 unspecified atom stereocenters. The van der Waals surface area contributed by atoms with E-state index in [2.05, 4.69) is 10.4 Å². The lowest BCUT2D eigenvalue weighted by Gasteiger charge is -2.16. The van der Waals surface area contributed by atoms with Crippen LogP contribution in [0.15, 0.2) is 53.6 Å². The number of hydrazone groups is 1. The second-order valence-electron chi connectivity index (χ2n) is 6.36. The van der Waals surface area contributed by atoms with Crippen molar-refractivity contribution in [2.24, 2.45) is 10.9 Å². The van der Waals surface area contributed by atoms with Gasteiger partial charge in [0.05, 0.1) is 11.6 Å². The van der Waals surface area contributed by atoms with Crippen LogP contribution in [0, 0.1) is 18.3 Å². The van der Waals surface area contributed by atoms with E-state index in [1.807, 2.05) is 6.07 Å². The molecule has 0 saturated heterocycles. The van der Waals surface area contributed by atoms with E-state index in [9.17, 15) is 32.8 Å². The summed E-state index contributed by atoms with van der Waals surface area (Å²) in [5.41, 5.74) is 2.58. The maximum Gasteiger partial charge on any atom is 0.416 e. The topological polar surface area (TPSA) is 149 Å². The van der Waals surface area contributed by atoms with Gasteiger partial charge in [-0.25, -0.2) is 11.3 Å². The summed E-state index contributed by atoms with van der Waals surface area (Å²) in [5.74, 6) is -0.113. The highest BCUT2D eigenvalue weighted by atomic mass is 19.4. The van der Waals surface area contributed by atoms with Crippen LogP contribution in [-0.2, 0) is 20.6 Å². The van der Waals surface area contributed by atoms with Gasteiger partial charge < -0.3 is 5.32 Å². The Labute approximate surface area is 180 Å². The summed E-state index contributed by atoms with van der Waals surface area (Å²) in [4.78, 5) is 35.8. The highest BCUT2D eigenvalue weighted by Crippen LogP contribution is 2.31. The number of alkyl halides is 3. The van der Waals surface area contributed by atoms with Gasteiger partial charge in [-0.2, -0.15) is 23.5 Å². The number of halogens is 3. The lowest BCUT2D eigenvalue weighted by Crippen LogP contribution is -2.42. The molecule has 3 amide bonds. The molecule has 0 aliphatic heterocycles. The number of nitrogens with two attached hydrogens (primary N) is 1. The second-order valence-corrected chi connectivity index (χ2v) is 6.36. The van der Waals surface area contributed by atoms with Crippen molar-refractivity contribution in [1.29, 1.82) is 5.26 Å². The Morgan fingerprint density at radius 2 is 1.75 bits per heavy atom. The molecule has 0 aromatic heterocycles. The minimum Gasteiger partial charge on any atom is -0.321 e. The van der Waals surface area contributed by atoms with Crippen molar-refractivity contribution in [1.82, 2.24) is 10.9 Å². The number of hydrazine groups is 1. The number of carbonyl (C=O) groups excluding carboxylic acids is 3. The first-order valence-electron chi connectivity index (χ1n) is 8.90. The molecule has 0 heterocycles. The van der Waals surface area contributed by atoms with E-state index in [-0.39, 0.29) is 5.69 Å². The third kappa shape index (κ3) is 5.89. The zero-order valence-electron chi connectivity index (χ0n) is 16.5. The van der Waals surface area contributed by atoms with E-state index in [0.29, 0.717) is 17.2 Å². The van der Waals surface area contributed by atoms with Gasteiger partial charge in [0, 0.05) is 5.69 Å². The maximum atomic E-state index is 13.0. The standard InChI is InChI=1S/C20H17F3N6O3/c1-11-5-2-3-8-14(11)15(10-24)16(28-29-19(32)18(31)27-25)17(30)26-13-7-4-6-12(9-13)20(21,22)23/h2-9,15H,25H2,1H3,(H,26,30)(H,27,31)(H,29,32)/b28-16+/t15-/m1/s1. The van der Waals surface area contributed by atoms with E-state index in [0.717, 1.165) is 12.1 Å².